The van der Waals surface area contributed by atoms with Crippen LogP contribution in [0.15, 0.2) is 71.6 Å². The Balaban J connectivity index is 1.82. The molecule has 0 saturated carbocycles. The van der Waals surface area contributed by atoms with Gasteiger partial charge >= 0.3 is 6.03 Å². The first-order valence-electron chi connectivity index (χ1n) is 10.1. The van der Waals surface area contributed by atoms with Crippen molar-refractivity contribution in [1.82, 2.24) is 0 Å². The summed E-state index contributed by atoms with van der Waals surface area (Å²) in [6.45, 7) is 6.61. The van der Waals surface area contributed by atoms with Gasteiger partial charge in [0, 0.05) is 0 Å². The zero-order valence-electron chi connectivity index (χ0n) is 17.7. The largest absolute Gasteiger partial charge is 0.494 e. The van der Waals surface area contributed by atoms with Crippen molar-refractivity contribution in [2.24, 2.45) is 0 Å². The summed E-state index contributed by atoms with van der Waals surface area (Å²) >= 11 is 0. The fraction of sp³-hybridized carbons (Fsp3) is 0.208. The predicted octanol–water partition coefficient (Wildman–Crippen LogP) is 5.04. The van der Waals surface area contributed by atoms with Crippen LogP contribution in [0, 0.1) is 13.8 Å². The highest BCUT2D eigenvalue weighted by Crippen LogP contribution is 2.38. The third-order valence-electron chi connectivity index (χ3n) is 5.29. The molecule has 3 aromatic carbocycles. The van der Waals surface area contributed by atoms with E-state index in [0.717, 1.165) is 21.0 Å². The molecule has 0 N–H and O–H groups in total. The van der Waals surface area contributed by atoms with Crippen LogP contribution in [0.5, 0.6) is 5.75 Å². The van der Waals surface area contributed by atoms with E-state index >= 15 is 0 Å². The van der Waals surface area contributed by atoms with Gasteiger partial charge in [-0.3, -0.25) is 4.90 Å². The SMILES string of the molecule is CCOc1ccc(N2C(=O)N(Cc3cc(C)ccc3C)c3ccccc3S2(=O)=O)cc1. The maximum Gasteiger partial charge on any atom is 0.343 e. The van der Waals surface area contributed by atoms with E-state index < -0.39 is 16.1 Å². The fourth-order valence-electron chi connectivity index (χ4n) is 3.70. The van der Waals surface area contributed by atoms with E-state index in [0.29, 0.717) is 18.0 Å². The van der Waals surface area contributed by atoms with Gasteiger partial charge in [0.2, 0.25) is 0 Å². The minimum absolute atomic E-state index is 0.105. The van der Waals surface area contributed by atoms with Crippen molar-refractivity contribution in [2.75, 3.05) is 15.8 Å². The molecule has 6 nitrogen and oxygen atoms in total. The number of sulfonamides is 1. The minimum atomic E-state index is -4.05. The van der Waals surface area contributed by atoms with Gasteiger partial charge in [0.15, 0.2) is 0 Å². The number of fused-ring (bicyclic) bond motifs is 1. The van der Waals surface area contributed by atoms with E-state index in [-0.39, 0.29) is 17.1 Å². The lowest BCUT2D eigenvalue weighted by atomic mass is 10.0. The topological polar surface area (TPSA) is 66.9 Å². The normalized spacial score (nSPS) is 15.0. The van der Waals surface area contributed by atoms with Crippen molar-refractivity contribution in [1.29, 1.82) is 0 Å². The molecular formula is C24H24N2O4S. The number of hydrogen-bond acceptors (Lipinski definition) is 4. The van der Waals surface area contributed by atoms with Crippen molar-refractivity contribution in [3.63, 3.8) is 0 Å². The van der Waals surface area contributed by atoms with Gasteiger partial charge in [-0.1, -0.05) is 35.9 Å². The van der Waals surface area contributed by atoms with Crippen LogP contribution in [-0.4, -0.2) is 21.1 Å². The van der Waals surface area contributed by atoms with Crippen LogP contribution < -0.4 is 13.9 Å². The van der Waals surface area contributed by atoms with E-state index in [4.69, 9.17) is 4.74 Å². The Morgan fingerprint density at radius 2 is 1.65 bits per heavy atom. The third kappa shape index (κ3) is 3.77. The highest BCUT2D eigenvalue weighted by molar-refractivity contribution is 7.94. The monoisotopic (exact) mass is 436 g/mol. The molecule has 2 amide bonds. The summed E-state index contributed by atoms with van der Waals surface area (Å²) in [5.74, 6) is 0.612. The third-order valence-corrected chi connectivity index (χ3v) is 7.04. The number of carbonyl (C=O) groups is 1. The summed E-state index contributed by atoms with van der Waals surface area (Å²) in [5, 5.41) is 0. The predicted molar refractivity (Wildman–Crippen MR) is 121 cm³/mol. The Morgan fingerprint density at radius 1 is 0.935 bits per heavy atom. The Hall–Kier alpha value is -3.32. The first-order chi connectivity index (χ1) is 14.8. The molecule has 1 heterocycles. The quantitative estimate of drug-likeness (QED) is 0.562. The number of urea groups is 1. The molecule has 0 bridgehead atoms. The molecule has 0 aromatic heterocycles. The van der Waals surface area contributed by atoms with Crippen molar-refractivity contribution >= 4 is 27.4 Å². The number of ether oxygens (including phenoxy) is 1. The number of aryl methyl sites for hydroxylation is 2. The number of rotatable bonds is 5. The van der Waals surface area contributed by atoms with Gasteiger partial charge in [0.25, 0.3) is 10.0 Å². The number of anilines is 2. The second kappa shape index (κ2) is 8.07. The Morgan fingerprint density at radius 3 is 2.35 bits per heavy atom. The molecule has 0 spiro atoms. The molecule has 0 aliphatic carbocycles. The van der Waals surface area contributed by atoms with Crippen LogP contribution in [0.1, 0.15) is 23.6 Å². The lowest BCUT2D eigenvalue weighted by molar-refractivity contribution is 0.253. The summed E-state index contributed by atoms with van der Waals surface area (Å²) in [5.41, 5.74) is 3.74. The van der Waals surface area contributed by atoms with Gasteiger partial charge in [0.05, 0.1) is 24.5 Å². The summed E-state index contributed by atoms with van der Waals surface area (Å²) in [6, 6.07) is 18.6. The molecule has 0 unspecified atom stereocenters. The molecule has 1 aliphatic rings. The average molecular weight is 437 g/mol. The van der Waals surface area contributed by atoms with E-state index in [1.807, 2.05) is 39.0 Å². The first kappa shape index (κ1) is 20.9. The lowest BCUT2D eigenvalue weighted by Crippen LogP contribution is -2.50. The van der Waals surface area contributed by atoms with Gasteiger partial charge in [-0.25, -0.2) is 13.2 Å². The number of benzene rings is 3. The smallest absolute Gasteiger partial charge is 0.343 e. The Kier molecular flexibility index (Phi) is 5.45. The van der Waals surface area contributed by atoms with Crippen molar-refractivity contribution < 1.29 is 17.9 Å². The fourth-order valence-corrected chi connectivity index (χ4v) is 5.29. The van der Waals surface area contributed by atoms with Gasteiger partial charge in [-0.2, -0.15) is 4.31 Å². The van der Waals surface area contributed by atoms with Crippen molar-refractivity contribution in [3.05, 3.63) is 83.4 Å². The van der Waals surface area contributed by atoms with E-state index in [1.54, 1.807) is 42.5 Å². The second-order valence-corrected chi connectivity index (χ2v) is 9.22. The molecule has 4 rings (SSSR count). The van der Waals surface area contributed by atoms with E-state index in [9.17, 15) is 13.2 Å². The molecule has 1 aliphatic heterocycles. The summed E-state index contributed by atoms with van der Waals surface area (Å²) in [4.78, 5) is 15.2. The zero-order valence-corrected chi connectivity index (χ0v) is 18.5. The standard InChI is InChI=1S/C24H24N2O4S/c1-4-30-21-13-11-20(12-14-21)26-24(27)25(16-19-15-17(2)9-10-18(19)3)22-7-5-6-8-23(22)31(26,28)29/h5-15H,4,16H2,1-3H3. The zero-order chi connectivity index (χ0) is 22.2. The van der Waals surface area contributed by atoms with Crippen LogP contribution in [0.4, 0.5) is 16.2 Å². The van der Waals surface area contributed by atoms with Crippen LogP contribution in [0.3, 0.4) is 0 Å². The molecule has 0 atom stereocenters. The van der Waals surface area contributed by atoms with Gasteiger partial charge in [-0.05, 0) is 68.3 Å². The molecule has 0 radical (unpaired) electrons. The summed E-state index contributed by atoms with van der Waals surface area (Å²) < 4.78 is 33.1. The highest BCUT2D eigenvalue weighted by atomic mass is 32.2. The number of hydrogen-bond donors (Lipinski definition) is 0. The summed E-state index contributed by atoms with van der Waals surface area (Å²) in [6.07, 6.45) is 0. The van der Waals surface area contributed by atoms with Crippen LogP contribution >= 0.6 is 0 Å². The number of amides is 2. The first-order valence-corrected chi connectivity index (χ1v) is 11.5. The molecule has 160 valence electrons. The molecule has 0 fully saturated rings. The molecule has 31 heavy (non-hydrogen) atoms. The van der Waals surface area contributed by atoms with Gasteiger partial charge in [-0.15, -0.1) is 0 Å². The molecule has 3 aromatic rings. The molecular weight excluding hydrogens is 412 g/mol. The minimum Gasteiger partial charge on any atom is -0.494 e. The maximum atomic E-state index is 13.6. The Bertz CT molecular complexity index is 1240. The van der Waals surface area contributed by atoms with Crippen LogP contribution in [0.2, 0.25) is 0 Å². The lowest BCUT2D eigenvalue weighted by Gasteiger charge is -2.36. The highest BCUT2D eigenvalue weighted by Gasteiger charge is 2.42. The number of nitrogens with zero attached hydrogens (tertiary/aromatic N) is 2. The number of para-hydroxylation sites is 1. The van der Waals surface area contributed by atoms with Crippen LogP contribution in [0.25, 0.3) is 0 Å². The second-order valence-electron chi connectivity index (χ2n) is 7.46. The Labute approximate surface area is 182 Å². The summed E-state index contributed by atoms with van der Waals surface area (Å²) in [7, 11) is -4.05. The van der Waals surface area contributed by atoms with E-state index in [1.165, 1.54) is 11.0 Å². The maximum absolute atomic E-state index is 13.6. The van der Waals surface area contributed by atoms with Crippen molar-refractivity contribution in [3.8, 4) is 5.75 Å². The molecule has 0 saturated heterocycles. The van der Waals surface area contributed by atoms with E-state index in [2.05, 4.69) is 0 Å². The van der Waals surface area contributed by atoms with Gasteiger partial charge < -0.3 is 4.74 Å². The number of carbonyl (C=O) groups excluding carboxylic acids is 1. The van der Waals surface area contributed by atoms with Crippen molar-refractivity contribution in [2.45, 2.75) is 32.2 Å². The van der Waals surface area contributed by atoms with Crippen LogP contribution in [-0.2, 0) is 16.6 Å². The average Bonchev–Trinajstić information content (AvgIpc) is 2.75. The molecule has 7 heteroatoms. The van der Waals surface area contributed by atoms with Gasteiger partial charge in [0.1, 0.15) is 10.6 Å².